The number of nitrogens with zero attached hydrogens (tertiary/aromatic N) is 1. The summed E-state index contributed by atoms with van der Waals surface area (Å²) in [7, 11) is 2.13. The summed E-state index contributed by atoms with van der Waals surface area (Å²) in [6.07, 6.45) is 0. The minimum absolute atomic E-state index is 0.0746. The van der Waals surface area contributed by atoms with Gasteiger partial charge in [0, 0.05) is 39.9 Å². The van der Waals surface area contributed by atoms with Crippen molar-refractivity contribution in [3.8, 4) is 11.5 Å². The maximum atomic E-state index is 6.42. The van der Waals surface area contributed by atoms with Crippen LogP contribution >= 0.6 is 0 Å². The normalized spacial score (nSPS) is 15.1. The molecule has 0 atom stereocenters. The maximum absolute atomic E-state index is 6.42. The van der Waals surface area contributed by atoms with Gasteiger partial charge in [-0.2, -0.15) is 0 Å². The highest BCUT2D eigenvalue weighted by molar-refractivity contribution is 6.10. The summed E-state index contributed by atoms with van der Waals surface area (Å²) in [6.45, 7) is 4.56. The van der Waals surface area contributed by atoms with Gasteiger partial charge in [-0.1, -0.05) is 62.4 Å². The van der Waals surface area contributed by atoms with Crippen molar-refractivity contribution in [2.45, 2.75) is 19.3 Å². The van der Waals surface area contributed by atoms with E-state index in [1.807, 2.05) is 6.07 Å². The molecule has 24 heavy (non-hydrogen) atoms. The lowest BCUT2D eigenvalue weighted by Gasteiger charge is -2.34. The van der Waals surface area contributed by atoms with Gasteiger partial charge in [0.2, 0.25) is 0 Å². The molecule has 0 saturated heterocycles. The van der Waals surface area contributed by atoms with Crippen LogP contribution in [0.3, 0.4) is 0 Å². The molecular weight excluding hydrogens is 294 g/mol. The van der Waals surface area contributed by atoms with E-state index >= 15 is 0 Å². The first-order valence-electron chi connectivity index (χ1n) is 8.37. The molecule has 5 rings (SSSR count). The van der Waals surface area contributed by atoms with E-state index in [9.17, 15) is 0 Å². The third kappa shape index (κ3) is 1.56. The van der Waals surface area contributed by atoms with Crippen molar-refractivity contribution in [3.05, 3.63) is 71.8 Å². The zero-order chi connectivity index (χ0) is 16.5. The van der Waals surface area contributed by atoms with Crippen molar-refractivity contribution in [1.29, 1.82) is 0 Å². The Morgan fingerprint density at radius 1 is 0.792 bits per heavy atom. The second-order valence-corrected chi connectivity index (χ2v) is 7.14. The third-order valence-corrected chi connectivity index (χ3v) is 5.47. The van der Waals surface area contributed by atoms with Gasteiger partial charge < -0.3 is 9.30 Å². The molecule has 0 N–H and O–H groups in total. The largest absolute Gasteiger partial charge is 0.455 e. The Balaban J connectivity index is 1.93. The zero-order valence-electron chi connectivity index (χ0n) is 14.1. The lowest BCUT2D eigenvalue weighted by Crippen LogP contribution is -2.24. The van der Waals surface area contributed by atoms with Crippen molar-refractivity contribution in [2.75, 3.05) is 0 Å². The molecule has 0 spiro atoms. The molecule has 4 aromatic rings. The molecule has 0 fully saturated rings. The molecule has 1 aliphatic rings. The number of fused-ring (bicyclic) bond motifs is 6. The van der Waals surface area contributed by atoms with E-state index in [1.165, 1.54) is 32.9 Å². The van der Waals surface area contributed by atoms with Gasteiger partial charge in [0.25, 0.3) is 0 Å². The summed E-state index contributed by atoms with van der Waals surface area (Å²) in [5.74, 6) is 1.96. The Hall–Kier alpha value is -2.74. The second-order valence-electron chi connectivity index (χ2n) is 7.14. The van der Waals surface area contributed by atoms with Gasteiger partial charge in [-0.25, -0.2) is 0 Å². The van der Waals surface area contributed by atoms with E-state index in [2.05, 4.69) is 80.1 Å². The standard InChI is InChI=1S/C22H19NO/c1-22(2)16-9-5-7-11-19(16)24-21-17(22)13-12-15-14-8-4-6-10-18(14)23(3)20(15)21/h4-13H,1-3H3. The fraction of sp³-hybridized carbons (Fsp3) is 0.182. The minimum Gasteiger partial charge on any atom is -0.455 e. The molecule has 0 amide bonds. The van der Waals surface area contributed by atoms with Gasteiger partial charge >= 0.3 is 0 Å². The molecule has 3 aromatic carbocycles. The molecule has 0 saturated carbocycles. The third-order valence-electron chi connectivity index (χ3n) is 5.47. The molecule has 118 valence electrons. The first-order chi connectivity index (χ1) is 11.6. The van der Waals surface area contributed by atoms with Gasteiger partial charge in [0.1, 0.15) is 5.75 Å². The number of hydrogen-bond donors (Lipinski definition) is 0. The summed E-state index contributed by atoms with van der Waals surface area (Å²) >= 11 is 0. The smallest absolute Gasteiger partial charge is 0.155 e. The van der Waals surface area contributed by atoms with E-state index in [4.69, 9.17) is 4.74 Å². The van der Waals surface area contributed by atoms with E-state index in [1.54, 1.807) is 0 Å². The highest BCUT2D eigenvalue weighted by Gasteiger charge is 2.35. The number of aromatic nitrogens is 1. The summed E-state index contributed by atoms with van der Waals surface area (Å²) < 4.78 is 8.67. The van der Waals surface area contributed by atoms with Gasteiger partial charge in [-0.15, -0.1) is 0 Å². The minimum atomic E-state index is -0.0746. The Morgan fingerprint density at radius 2 is 1.54 bits per heavy atom. The van der Waals surface area contributed by atoms with E-state index in [0.717, 1.165) is 11.5 Å². The average Bonchev–Trinajstić information content (AvgIpc) is 2.89. The highest BCUT2D eigenvalue weighted by atomic mass is 16.5. The number of ether oxygens (including phenoxy) is 1. The van der Waals surface area contributed by atoms with Gasteiger partial charge in [0.05, 0.1) is 5.52 Å². The summed E-state index contributed by atoms with van der Waals surface area (Å²) in [5.41, 5.74) is 4.84. The number of aryl methyl sites for hydroxylation is 1. The zero-order valence-corrected chi connectivity index (χ0v) is 14.1. The predicted molar refractivity (Wildman–Crippen MR) is 99.1 cm³/mol. The molecule has 0 radical (unpaired) electrons. The molecule has 2 nitrogen and oxygen atoms in total. The van der Waals surface area contributed by atoms with Crippen LogP contribution in [0.25, 0.3) is 21.8 Å². The topological polar surface area (TPSA) is 14.2 Å². The lowest BCUT2D eigenvalue weighted by atomic mass is 9.75. The predicted octanol–water partition coefficient (Wildman–Crippen LogP) is 5.76. The molecule has 2 heterocycles. The van der Waals surface area contributed by atoms with Crippen molar-refractivity contribution < 1.29 is 4.74 Å². The van der Waals surface area contributed by atoms with Crippen LogP contribution in [0.15, 0.2) is 60.7 Å². The monoisotopic (exact) mass is 313 g/mol. The fourth-order valence-corrected chi connectivity index (χ4v) is 4.16. The van der Waals surface area contributed by atoms with Crippen molar-refractivity contribution >= 4 is 21.8 Å². The Labute approximate surface area is 141 Å². The lowest BCUT2D eigenvalue weighted by molar-refractivity contribution is 0.421. The SMILES string of the molecule is Cn1c2ccccc2c2ccc3c(c21)Oc1ccccc1C3(C)C. The van der Waals surface area contributed by atoms with Crippen LogP contribution in [0.4, 0.5) is 0 Å². The van der Waals surface area contributed by atoms with E-state index in [-0.39, 0.29) is 5.41 Å². The first-order valence-corrected chi connectivity index (χ1v) is 8.37. The summed E-state index contributed by atoms with van der Waals surface area (Å²) in [4.78, 5) is 0. The number of hydrogen-bond acceptors (Lipinski definition) is 1. The van der Waals surface area contributed by atoms with Crippen LogP contribution in [-0.4, -0.2) is 4.57 Å². The molecule has 0 bridgehead atoms. The number of rotatable bonds is 0. The first kappa shape index (κ1) is 13.7. The summed E-state index contributed by atoms with van der Waals surface area (Å²) in [5, 5.41) is 2.53. The fourth-order valence-electron chi connectivity index (χ4n) is 4.16. The van der Waals surface area contributed by atoms with Crippen molar-refractivity contribution in [1.82, 2.24) is 4.57 Å². The molecular formula is C22H19NO. The second kappa shape index (κ2) is 4.41. The molecule has 2 heteroatoms. The molecule has 1 aliphatic heterocycles. The highest BCUT2D eigenvalue weighted by Crippen LogP contribution is 2.51. The van der Waals surface area contributed by atoms with Crippen LogP contribution < -0.4 is 4.74 Å². The van der Waals surface area contributed by atoms with Crippen LogP contribution in [-0.2, 0) is 12.5 Å². The number of benzene rings is 3. The van der Waals surface area contributed by atoms with Gasteiger partial charge in [-0.05, 0) is 12.1 Å². The molecule has 0 unspecified atom stereocenters. The van der Waals surface area contributed by atoms with Crippen molar-refractivity contribution in [3.63, 3.8) is 0 Å². The van der Waals surface area contributed by atoms with Crippen LogP contribution in [0, 0.1) is 0 Å². The van der Waals surface area contributed by atoms with Gasteiger partial charge in [-0.3, -0.25) is 0 Å². The molecule has 1 aromatic heterocycles. The average molecular weight is 313 g/mol. The van der Waals surface area contributed by atoms with E-state index < -0.39 is 0 Å². The van der Waals surface area contributed by atoms with E-state index in [0.29, 0.717) is 0 Å². The Kier molecular flexibility index (Phi) is 2.52. The van der Waals surface area contributed by atoms with Crippen LogP contribution in [0.2, 0.25) is 0 Å². The number of para-hydroxylation sites is 2. The van der Waals surface area contributed by atoms with Gasteiger partial charge in [0.15, 0.2) is 5.75 Å². The van der Waals surface area contributed by atoms with Crippen LogP contribution in [0.1, 0.15) is 25.0 Å². The van der Waals surface area contributed by atoms with Crippen molar-refractivity contribution in [2.24, 2.45) is 7.05 Å². The summed E-state index contributed by atoms with van der Waals surface area (Å²) in [6, 6.07) is 21.4. The molecule has 0 aliphatic carbocycles. The Bertz CT molecular complexity index is 1120. The quantitative estimate of drug-likeness (QED) is 0.402. The maximum Gasteiger partial charge on any atom is 0.155 e. The Morgan fingerprint density at radius 3 is 2.42 bits per heavy atom. The van der Waals surface area contributed by atoms with Crippen LogP contribution in [0.5, 0.6) is 11.5 Å².